The zero-order chi connectivity index (χ0) is 20.8. The van der Waals surface area contributed by atoms with Crippen molar-refractivity contribution in [1.29, 1.82) is 0 Å². The molecule has 0 heterocycles. The normalized spacial score (nSPS) is 10.9. The second-order valence-corrected chi connectivity index (χ2v) is 8.02. The molecule has 3 aromatic carbocycles. The summed E-state index contributed by atoms with van der Waals surface area (Å²) < 4.78 is 0. The van der Waals surface area contributed by atoms with Gasteiger partial charge in [-0.2, -0.15) is 0 Å². The first-order valence-electron chi connectivity index (χ1n) is 8.19. The van der Waals surface area contributed by atoms with Crippen LogP contribution in [0, 0.1) is 20.2 Å². The summed E-state index contributed by atoms with van der Waals surface area (Å²) in [6.07, 6.45) is 1.33. The Kier molecular flexibility index (Phi) is 6.47. The molecule has 0 aliphatic rings. The number of aliphatic imine (C=N–C) groups is 1. The van der Waals surface area contributed by atoms with Gasteiger partial charge in [0.05, 0.1) is 27.2 Å². The molecular formula is C19H14N4O4S2. The van der Waals surface area contributed by atoms with Gasteiger partial charge in [0, 0.05) is 27.8 Å². The predicted octanol–water partition coefficient (Wildman–Crippen LogP) is 5.64. The molecule has 0 aliphatic carbocycles. The van der Waals surface area contributed by atoms with E-state index in [4.69, 9.17) is 5.73 Å². The fourth-order valence-corrected chi connectivity index (χ4v) is 4.20. The Morgan fingerprint density at radius 3 is 1.97 bits per heavy atom. The van der Waals surface area contributed by atoms with Gasteiger partial charge in [0.25, 0.3) is 11.4 Å². The van der Waals surface area contributed by atoms with Crippen LogP contribution in [-0.4, -0.2) is 16.1 Å². The number of hydrogen-bond acceptors (Lipinski definition) is 8. The van der Waals surface area contributed by atoms with E-state index in [0.29, 0.717) is 5.69 Å². The Labute approximate surface area is 173 Å². The zero-order valence-corrected chi connectivity index (χ0v) is 16.4. The van der Waals surface area contributed by atoms with Gasteiger partial charge in [-0.25, -0.2) is 0 Å². The van der Waals surface area contributed by atoms with Gasteiger partial charge >= 0.3 is 0 Å². The average molecular weight is 426 g/mol. The minimum absolute atomic E-state index is 0.193. The van der Waals surface area contributed by atoms with Gasteiger partial charge in [0.1, 0.15) is 0 Å². The number of benzene rings is 3. The lowest BCUT2D eigenvalue weighted by Gasteiger charge is -2.02. The number of nitro benzene ring substituents is 2. The van der Waals surface area contributed by atoms with Crippen LogP contribution in [0.2, 0.25) is 0 Å². The highest BCUT2D eigenvalue weighted by Gasteiger charge is 2.18. The van der Waals surface area contributed by atoms with Crippen molar-refractivity contribution in [2.75, 3.05) is 5.73 Å². The first-order chi connectivity index (χ1) is 13.9. The van der Waals surface area contributed by atoms with E-state index in [1.54, 1.807) is 33.7 Å². The molecular weight excluding hydrogens is 412 g/mol. The molecule has 0 bridgehead atoms. The van der Waals surface area contributed by atoms with Gasteiger partial charge in [0.2, 0.25) is 0 Å². The fraction of sp³-hybridized carbons (Fsp3) is 0. The SMILES string of the molecule is Nc1ccc(SSc2ccc(/N=C\c3ccc([N+](=O)[O-])cc3[N+](=O)[O-])cc2)cc1. The van der Waals surface area contributed by atoms with E-state index in [9.17, 15) is 20.2 Å². The molecule has 0 saturated heterocycles. The minimum Gasteiger partial charge on any atom is -0.399 e. The summed E-state index contributed by atoms with van der Waals surface area (Å²) in [7, 11) is 3.18. The lowest BCUT2D eigenvalue weighted by molar-refractivity contribution is -0.394. The number of nitro groups is 2. The van der Waals surface area contributed by atoms with Gasteiger partial charge in [-0.05, 0) is 54.6 Å². The number of rotatable bonds is 7. The topological polar surface area (TPSA) is 125 Å². The summed E-state index contributed by atoms with van der Waals surface area (Å²) >= 11 is 0. The van der Waals surface area contributed by atoms with Crippen molar-refractivity contribution in [3.8, 4) is 0 Å². The quantitative estimate of drug-likeness (QED) is 0.170. The molecule has 29 heavy (non-hydrogen) atoms. The monoisotopic (exact) mass is 426 g/mol. The lowest BCUT2D eigenvalue weighted by atomic mass is 10.2. The average Bonchev–Trinajstić information content (AvgIpc) is 2.72. The smallest absolute Gasteiger partial charge is 0.285 e. The van der Waals surface area contributed by atoms with E-state index in [0.717, 1.165) is 21.5 Å². The van der Waals surface area contributed by atoms with Crippen molar-refractivity contribution < 1.29 is 9.85 Å². The summed E-state index contributed by atoms with van der Waals surface area (Å²) in [6.45, 7) is 0. The molecule has 0 aliphatic heterocycles. The van der Waals surface area contributed by atoms with Crippen molar-refractivity contribution in [3.63, 3.8) is 0 Å². The van der Waals surface area contributed by atoms with Crippen LogP contribution in [-0.2, 0) is 0 Å². The maximum Gasteiger partial charge on any atom is 0.285 e. The van der Waals surface area contributed by atoms with Gasteiger partial charge < -0.3 is 5.73 Å². The van der Waals surface area contributed by atoms with E-state index >= 15 is 0 Å². The van der Waals surface area contributed by atoms with Gasteiger partial charge in [-0.1, -0.05) is 21.6 Å². The maximum absolute atomic E-state index is 11.2. The standard InChI is InChI=1S/C19H14N4O4S2/c20-14-2-7-17(8-3-14)28-29-18-9-4-15(5-10-18)21-12-13-1-6-16(22(24)25)11-19(13)23(26)27/h1-12H,20H2/b21-12-. The van der Waals surface area contributed by atoms with Crippen LogP contribution in [0.5, 0.6) is 0 Å². The predicted molar refractivity (Wildman–Crippen MR) is 116 cm³/mol. The highest BCUT2D eigenvalue weighted by molar-refractivity contribution is 8.76. The fourth-order valence-electron chi connectivity index (χ4n) is 2.26. The Morgan fingerprint density at radius 1 is 0.828 bits per heavy atom. The number of nitrogens with two attached hydrogens (primary N) is 1. The van der Waals surface area contributed by atoms with Crippen LogP contribution < -0.4 is 5.73 Å². The molecule has 0 radical (unpaired) electrons. The highest BCUT2D eigenvalue weighted by atomic mass is 33.1. The summed E-state index contributed by atoms with van der Waals surface area (Å²) in [5, 5.41) is 22.0. The summed E-state index contributed by atoms with van der Waals surface area (Å²) in [5.74, 6) is 0. The summed E-state index contributed by atoms with van der Waals surface area (Å²) in [5.41, 5.74) is 6.49. The van der Waals surface area contributed by atoms with Crippen LogP contribution in [0.4, 0.5) is 22.7 Å². The Balaban J connectivity index is 1.69. The summed E-state index contributed by atoms with van der Waals surface area (Å²) in [6, 6.07) is 18.4. The number of non-ortho nitro benzene ring substituents is 1. The van der Waals surface area contributed by atoms with E-state index in [1.807, 2.05) is 36.4 Å². The van der Waals surface area contributed by atoms with E-state index in [1.165, 1.54) is 18.3 Å². The Hall–Kier alpha value is -3.37. The van der Waals surface area contributed by atoms with Crippen molar-refractivity contribution in [3.05, 3.63) is 92.5 Å². The molecule has 0 unspecified atom stereocenters. The van der Waals surface area contributed by atoms with E-state index in [-0.39, 0.29) is 16.9 Å². The third kappa shape index (κ3) is 5.56. The molecule has 0 fully saturated rings. The third-order valence-corrected chi connectivity index (χ3v) is 6.14. The van der Waals surface area contributed by atoms with Crippen LogP contribution in [0.3, 0.4) is 0 Å². The maximum atomic E-state index is 11.2. The molecule has 146 valence electrons. The number of nitrogens with zero attached hydrogens (tertiary/aromatic N) is 3. The zero-order valence-electron chi connectivity index (χ0n) is 14.8. The minimum atomic E-state index is -0.674. The molecule has 2 N–H and O–H groups in total. The van der Waals surface area contributed by atoms with Crippen molar-refractivity contribution in [2.45, 2.75) is 9.79 Å². The first kappa shape index (κ1) is 20.4. The lowest BCUT2D eigenvalue weighted by Crippen LogP contribution is -1.97. The number of nitrogen functional groups attached to an aromatic ring is 1. The Morgan fingerprint density at radius 2 is 1.41 bits per heavy atom. The molecule has 0 atom stereocenters. The summed E-state index contributed by atoms with van der Waals surface area (Å²) in [4.78, 5) is 27.0. The molecule has 0 aromatic heterocycles. The van der Waals surface area contributed by atoms with Crippen LogP contribution in [0.25, 0.3) is 0 Å². The van der Waals surface area contributed by atoms with E-state index in [2.05, 4.69) is 4.99 Å². The van der Waals surface area contributed by atoms with Gasteiger partial charge in [0.15, 0.2) is 0 Å². The third-order valence-electron chi connectivity index (χ3n) is 3.73. The molecule has 3 rings (SSSR count). The molecule has 8 nitrogen and oxygen atoms in total. The first-order valence-corrected chi connectivity index (χ1v) is 10.3. The molecule has 0 amide bonds. The largest absolute Gasteiger partial charge is 0.399 e. The van der Waals surface area contributed by atoms with Crippen LogP contribution in [0.15, 0.2) is 81.5 Å². The molecule has 3 aromatic rings. The van der Waals surface area contributed by atoms with Gasteiger partial charge in [-0.15, -0.1) is 0 Å². The second-order valence-electron chi connectivity index (χ2n) is 5.75. The van der Waals surface area contributed by atoms with E-state index < -0.39 is 9.85 Å². The molecule has 10 heteroatoms. The highest BCUT2D eigenvalue weighted by Crippen LogP contribution is 2.38. The number of anilines is 1. The molecule has 0 spiro atoms. The van der Waals surface area contributed by atoms with Crippen molar-refractivity contribution in [1.82, 2.24) is 0 Å². The Bertz CT molecular complexity index is 1070. The van der Waals surface area contributed by atoms with Crippen molar-refractivity contribution in [2.24, 2.45) is 4.99 Å². The number of hydrogen-bond donors (Lipinski definition) is 1. The van der Waals surface area contributed by atoms with Crippen molar-refractivity contribution >= 4 is 50.6 Å². The van der Waals surface area contributed by atoms with Crippen LogP contribution >= 0.6 is 21.6 Å². The molecule has 0 saturated carbocycles. The van der Waals surface area contributed by atoms with Gasteiger partial charge in [-0.3, -0.25) is 25.2 Å². The second kappa shape index (κ2) is 9.22. The van der Waals surface area contributed by atoms with Crippen LogP contribution in [0.1, 0.15) is 5.56 Å².